The summed E-state index contributed by atoms with van der Waals surface area (Å²) in [4.78, 5) is 24.2. The fraction of sp³-hybridized carbons (Fsp3) is 0.143. The normalized spacial score (nSPS) is 15.7. The largest absolute Gasteiger partial charge is 0.353 e. The third-order valence-corrected chi connectivity index (χ3v) is 4.56. The number of hydrogen-bond acceptors (Lipinski definition) is 3. The lowest BCUT2D eigenvalue weighted by molar-refractivity contribution is -0.120. The van der Waals surface area contributed by atoms with Crippen LogP contribution in [0.4, 0.5) is 0 Å². The Hall–Kier alpha value is -3.34. The van der Waals surface area contributed by atoms with E-state index in [0.717, 1.165) is 21.9 Å². The molecule has 3 aromatic rings. The molecule has 4 rings (SSSR count). The van der Waals surface area contributed by atoms with E-state index in [1.54, 1.807) is 12.1 Å². The molecule has 1 aliphatic heterocycles. The van der Waals surface area contributed by atoms with Crippen molar-refractivity contribution in [3.8, 4) is 0 Å². The van der Waals surface area contributed by atoms with Crippen molar-refractivity contribution >= 4 is 22.6 Å². The minimum atomic E-state index is -0.334. The number of carbonyl (C=O) groups excluding carboxylic acids is 2. The number of rotatable bonds is 4. The van der Waals surface area contributed by atoms with Crippen LogP contribution in [0.15, 0.2) is 77.0 Å². The van der Waals surface area contributed by atoms with E-state index in [-0.39, 0.29) is 17.9 Å². The molecular weight excluding hydrogens is 326 g/mol. The van der Waals surface area contributed by atoms with Crippen LogP contribution in [0.1, 0.15) is 27.5 Å². The van der Waals surface area contributed by atoms with Crippen LogP contribution >= 0.6 is 0 Å². The minimum Gasteiger partial charge on any atom is -0.353 e. The quantitative estimate of drug-likeness (QED) is 0.782. The molecule has 1 heterocycles. The van der Waals surface area contributed by atoms with Gasteiger partial charge >= 0.3 is 0 Å². The summed E-state index contributed by atoms with van der Waals surface area (Å²) in [7, 11) is 0. The van der Waals surface area contributed by atoms with Crippen molar-refractivity contribution in [2.75, 3.05) is 6.54 Å². The van der Waals surface area contributed by atoms with Crippen LogP contribution in [-0.4, -0.2) is 18.4 Å². The highest BCUT2D eigenvalue weighted by molar-refractivity contribution is 5.97. The molecule has 1 aliphatic rings. The summed E-state index contributed by atoms with van der Waals surface area (Å²) in [6.07, 6.45) is 0.297. The number of hydrogen-bond donors (Lipinski definition) is 1. The van der Waals surface area contributed by atoms with E-state index in [0.29, 0.717) is 18.5 Å². The van der Waals surface area contributed by atoms with Crippen molar-refractivity contribution in [2.24, 2.45) is 10.2 Å². The van der Waals surface area contributed by atoms with Gasteiger partial charge in [-0.25, -0.2) is 0 Å². The van der Waals surface area contributed by atoms with Gasteiger partial charge in [-0.2, -0.15) is 5.11 Å². The highest BCUT2D eigenvalue weighted by Crippen LogP contribution is 2.26. The second-order valence-corrected chi connectivity index (χ2v) is 6.24. The highest BCUT2D eigenvalue weighted by atomic mass is 16.2. The smallest absolute Gasteiger partial charge is 0.295 e. The van der Waals surface area contributed by atoms with E-state index in [1.807, 2.05) is 54.6 Å². The molecule has 0 aliphatic carbocycles. The molecule has 3 aromatic carbocycles. The number of amides is 2. The molecule has 0 fully saturated rings. The van der Waals surface area contributed by atoms with Gasteiger partial charge in [0.1, 0.15) is 6.04 Å². The Morgan fingerprint density at radius 3 is 2.65 bits per heavy atom. The van der Waals surface area contributed by atoms with Gasteiger partial charge < -0.3 is 5.32 Å². The summed E-state index contributed by atoms with van der Waals surface area (Å²) in [6, 6.07) is 20.9. The Bertz CT molecular complexity index is 1020. The van der Waals surface area contributed by atoms with Crippen LogP contribution in [0.25, 0.3) is 10.8 Å². The van der Waals surface area contributed by atoms with E-state index in [1.165, 1.54) is 0 Å². The maximum absolute atomic E-state index is 12.4. The zero-order valence-corrected chi connectivity index (χ0v) is 14.1. The first-order valence-corrected chi connectivity index (χ1v) is 8.50. The lowest BCUT2D eigenvalue weighted by Gasteiger charge is -2.18. The molecule has 0 bridgehead atoms. The Balaban J connectivity index is 1.46. The molecule has 0 saturated heterocycles. The molecule has 0 spiro atoms. The number of carbonyl (C=O) groups is 2. The van der Waals surface area contributed by atoms with E-state index in [2.05, 4.69) is 15.5 Å². The monoisotopic (exact) mass is 343 g/mol. The summed E-state index contributed by atoms with van der Waals surface area (Å²) >= 11 is 0. The standard InChI is InChI=1S/C21H17N3O2/c25-20(12-15-8-5-7-14-6-1-2-9-16(14)15)22-13-19-17-10-3-4-11-18(17)21(26)24-23-19/h1-11,19H,12-13H2,(H,22,25). The third-order valence-electron chi connectivity index (χ3n) is 4.56. The second-order valence-electron chi connectivity index (χ2n) is 6.24. The summed E-state index contributed by atoms with van der Waals surface area (Å²) in [6.45, 7) is 0.317. The van der Waals surface area contributed by atoms with Crippen molar-refractivity contribution < 1.29 is 9.59 Å². The molecular formula is C21H17N3O2. The molecule has 5 nitrogen and oxygen atoms in total. The van der Waals surface area contributed by atoms with Crippen molar-refractivity contribution in [2.45, 2.75) is 12.5 Å². The molecule has 26 heavy (non-hydrogen) atoms. The maximum atomic E-state index is 12.4. The molecule has 0 aromatic heterocycles. The van der Waals surface area contributed by atoms with Crippen LogP contribution < -0.4 is 5.32 Å². The molecule has 0 radical (unpaired) electrons. The third kappa shape index (κ3) is 3.11. The van der Waals surface area contributed by atoms with Gasteiger partial charge in [0.15, 0.2) is 0 Å². The summed E-state index contributed by atoms with van der Waals surface area (Å²) in [5, 5.41) is 12.8. The SMILES string of the molecule is O=C(Cc1cccc2ccccc12)NCC1N=NC(=O)c2ccccc21. The first-order chi connectivity index (χ1) is 12.7. The Labute approximate surface area is 150 Å². The zero-order chi connectivity index (χ0) is 17.9. The fourth-order valence-electron chi connectivity index (χ4n) is 3.26. The van der Waals surface area contributed by atoms with Gasteiger partial charge in [-0.1, -0.05) is 60.7 Å². The molecule has 1 N–H and O–H groups in total. The number of nitrogens with one attached hydrogen (secondary N) is 1. The average Bonchev–Trinajstić information content (AvgIpc) is 2.68. The lowest BCUT2D eigenvalue weighted by Crippen LogP contribution is -2.30. The summed E-state index contributed by atoms with van der Waals surface area (Å²) < 4.78 is 0. The van der Waals surface area contributed by atoms with E-state index < -0.39 is 0 Å². The number of azo groups is 1. The fourth-order valence-corrected chi connectivity index (χ4v) is 3.26. The Kier molecular flexibility index (Phi) is 4.27. The van der Waals surface area contributed by atoms with Crippen LogP contribution in [-0.2, 0) is 11.2 Å². The minimum absolute atomic E-state index is 0.0778. The average molecular weight is 343 g/mol. The lowest BCUT2D eigenvalue weighted by atomic mass is 9.99. The predicted octanol–water partition coefficient (Wildman–Crippen LogP) is 3.85. The summed E-state index contributed by atoms with van der Waals surface area (Å²) in [5.74, 6) is -0.412. The molecule has 5 heteroatoms. The topological polar surface area (TPSA) is 70.9 Å². The predicted molar refractivity (Wildman–Crippen MR) is 99.0 cm³/mol. The molecule has 0 saturated carbocycles. The highest BCUT2D eigenvalue weighted by Gasteiger charge is 2.23. The van der Waals surface area contributed by atoms with Gasteiger partial charge in [0.25, 0.3) is 5.91 Å². The van der Waals surface area contributed by atoms with Crippen LogP contribution in [0.5, 0.6) is 0 Å². The maximum Gasteiger partial charge on any atom is 0.295 e. The number of nitrogens with zero attached hydrogens (tertiary/aromatic N) is 2. The van der Waals surface area contributed by atoms with E-state index in [4.69, 9.17) is 0 Å². The van der Waals surface area contributed by atoms with Gasteiger partial charge in [0, 0.05) is 12.1 Å². The summed E-state index contributed by atoms with van der Waals surface area (Å²) in [5.41, 5.74) is 2.34. The Morgan fingerprint density at radius 1 is 0.962 bits per heavy atom. The van der Waals surface area contributed by atoms with Crippen LogP contribution in [0.3, 0.4) is 0 Å². The number of benzene rings is 3. The molecule has 1 unspecified atom stereocenters. The first-order valence-electron chi connectivity index (χ1n) is 8.50. The first kappa shape index (κ1) is 16.1. The zero-order valence-electron chi connectivity index (χ0n) is 14.1. The van der Waals surface area contributed by atoms with E-state index >= 15 is 0 Å². The van der Waals surface area contributed by atoms with Crippen molar-refractivity contribution in [1.82, 2.24) is 5.32 Å². The van der Waals surface area contributed by atoms with Gasteiger partial charge in [-0.15, -0.1) is 5.11 Å². The van der Waals surface area contributed by atoms with Crippen molar-refractivity contribution in [3.63, 3.8) is 0 Å². The van der Waals surface area contributed by atoms with Gasteiger partial charge in [0.2, 0.25) is 5.91 Å². The van der Waals surface area contributed by atoms with Crippen molar-refractivity contribution in [1.29, 1.82) is 0 Å². The van der Waals surface area contributed by atoms with Crippen molar-refractivity contribution in [3.05, 3.63) is 83.4 Å². The number of fused-ring (bicyclic) bond motifs is 2. The Morgan fingerprint density at radius 2 is 1.73 bits per heavy atom. The molecule has 1 atom stereocenters. The molecule has 2 amide bonds. The van der Waals surface area contributed by atoms with Gasteiger partial charge in [0.05, 0.1) is 6.42 Å². The van der Waals surface area contributed by atoms with Gasteiger partial charge in [-0.05, 0) is 28.0 Å². The van der Waals surface area contributed by atoms with Crippen LogP contribution in [0.2, 0.25) is 0 Å². The molecule has 128 valence electrons. The van der Waals surface area contributed by atoms with Crippen LogP contribution in [0, 0.1) is 0 Å². The van der Waals surface area contributed by atoms with Gasteiger partial charge in [-0.3, -0.25) is 9.59 Å². The second kappa shape index (κ2) is 6.88. The van der Waals surface area contributed by atoms with E-state index in [9.17, 15) is 9.59 Å².